The van der Waals surface area contributed by atoms with Crippen molar-refractivity contribution >= 4 is 23.0 Å². The first-order valence-corrected chi connectivity index (χ1v) is 7.03. The molecule has 7 nitrogen and oxygen atoms in total. The van der Waals surface area contributed by atoms with E-state index in [1.54, 1.807) is 24.3 Å². The molecule has 1 heterocycles. The van der Waals surface area contributed by atoms with Crippen molar-refractivity contribution in [3.05, 3.63) is 69.7 Å². The molecule has 0 aliphatic carbocycles. The summed E-state index contributed by atoms with van der Waals surface area (Å²) in [5, 5.41) is 8.90. The average Bonchev–Trinajstić information content (AvgIpc) is 2.89. The summed E-state index contributed by atoms with van der Waals surface area (Å²) in [7, 11) is 1.27. The Kier molecular flexibility index (Phi) is 3.91. The number of nitrogens with zero attached hydrogens (tertiary/aromatic N) is 1. The first-order valence-electron chi connectivity index (χ1n) is 7.03. The third-order valence-electron chi connectivity index (χ3n) is 3.63. The Morgan fingerprint density at radius 2 is 1.79 bits per heavy atom. The number of aromatic carboxylic acids is 1. The number of ether oxygens (including phenoxy) is 1. The van der Waals surface area contributed by atoms with Crippen LogP contribution in [0.2, 0.25) is 0 Å². The topological polar surface area (TPSA) is 98.7 Å². The number of esters is 1. The number of hydrogen-bond acceptors (Lipinski definition) is 5. The van der Waals surface area contributed by atoms with E-state index in [4.69, 9.17) is 9.52 Å². The van der Waals surface area contributed by atoms with Crippen molar-refractivity contribution in [3.63, 3.8) is 0 Å². The van der Waals surface area contributed by atoms with E-state index in [-0.39, 0.29) is 23.3 Å². The minimum absolute atomic E-state index is 0.172. The fourth-order valence-corrected chi connectivity index (χ4v) is 2.40. The van der Waals surface area contributed by atoms with Crippen molar-refractivity contribution < 1.29 is 23.8 Å². The molecule has 0 amide bonds. The Morgan fingerprint density at radius 1 is 1.12 bits per heavy atom. The summed E-state index contributed by atoms with van der Waals surface area (Å²) in [6.07, 6.45) is 0. The van der Waals surface area contributed by atoms with Gasteiger partial charge in [0.15, 0.2) is 5.58 Å². The highest BCUT2D eigenvalue weighted by Gasteiger charge is 2.13. The third kappa shape index (κ3) is 2.79. The smallest absolute Gasteiger partial charge is 0.420 e. The van der Waals surface area contributed by atoms with Crippen LogP contribution in [0.15, 0.2) is 51.7 Å². The summed E-state index contributed by atoms with van der Waals surface area (Å²) in [5.41, 5.74) is 2.03. The second-order valence-corrected chi connectivity index (χ2v) is 5.13. The van der Waals surface area contributed by atoms with Gasteiger partial charge in [-0.15, -0.1) is 0 Å². The largest absolute Gasteiger partial charge is 0.478 e. The van der Waals surface area contributed by atoms with Gasteiger partial charge in [0.25, 0.3) is 0 Å². The van der Waals surface area contributed by atoms with Gasteiger partial charge in [0.05, 0.1) is 30.3 Å². The Bertz CT molecular complexity index is 980. The van der Waals surface area contributed by atoms with Gasteiger partial charge in [-0.25, -0.2) is 14.4 Å². The number of hydrogen-bond donors (Lipinski definition) is 1. The van der Waals surface area contributed by atoms with Crippen molar-refractivity contribution in [2.45, 2.75) is 6.54 Å². The molecule has 0 spiro atoms. The summed E-state index contributed by atoms with van der Waals surface area (Å²) in [6.45, 7) is 0.225. The van der Waals surface area contributed by atoms with Crippen LogP contribution in [-0.2, 0) is 11.3 Å². The van der Waals surface area contributed by atoms with Crippen molar-refractivity contribution in [2.75, 3.05) is 7.11 Å². The minimum atomic E-state index is -1.01. The molecule has 0 aliphatic rings. The molecule has 0 atom stereocenters. The highest BCUT2D eigenvalue weighted by atomic mass is 16.5. The van der Waals surface area contributed by atoms with Gasteiger partial charge in [0, 0.05) is 0 Å². The van der Waals surface area contributed by atoms with E-state index in [0.29, 0.717) is 5.52 Å². The van der Waals surface area contributed by atoms with Crippen LogP contribution in [0.25, 0.3) is 11.1 Å². The van der Waals surface area contributed by atoms with Crippen LogP contribution in [0.5, 0.6) is 0 Å². The van der Waals surface area contributed by atoms with Gasteiger partial charge in [-0.05, 0) is 35.9 Å². The number of rotatable bonds is 4. The molecule has 0 unspecified atom stereocenters. The normalized spacial score (nSPS) is 10.7. The zero-order valence-electron chi connectivity index (χ0n) is 12.7. The molecule has 0 saturated heterocycles. The summed E-state index contributed by atoms with van der Waals surface area (Å²) in [4.78, 5) is 34.4. The van der Waals surface area contributed by atoms with Gasteiger partial charge in [-0.2, -0.15) is 0 Å². The number of methoxy groups -OCH3 is 1. The van der Waals surface area contributed by atoms with Crippen LogP contribution in [0.4, 0.5) is 0 Å². The van der Waals surface area contributed by atoms with Gasteiger partial charge >= 0.3 is 17.7 Å². The van der Waals surface area contributed by atoms with E-state index in [9.17, 15) is 14.4 Å². The Labute approximate surface area is 135 Å². The van der Waals surface area contributed by atoms with E-state index in [1.807, 2.05) is 0 Å². The van der Waals surface area contributed by atoms with Gasteiger partial charge in [0.1, 0.15) is 0 Å². The zero-order chi connectivity index (χ0) is 17.3. The SMILES string of the molecule is COC(=O)c1ccc2c(c1)oc(=O)n2Cc1ccc(C(=O)O)cc1. The van der Waals surface area contributed by atoms with Crippen molar-refractivity contribution in [1.82, 2.24) is 4.57 Å². The minimum Gasteiger partial charge on any atom is -0.478 e. The predicted octanol–water partition coefficient (Wildman–Crippen LogP) is 2.13. The predicted molar refractivity (Wildman–Crippen MR) is 84.3 cm³/mol. The number of carboxylic acid groups (broad SMARTS) is 1. The van der Waals surface area contributed by atoms with E-state index in [1.165, 1.54) is 29.9 Å². The van der Waals surface area contributed by atoms with Crippen molar-refractivity contribution in [1.29, 1.82) is 0 Å². The van der Waals surface area contributed by atoms with Crippen molar-refractivity contribution in [2.24, 2.45) is 0 Å². The van der Waals surface area contributed by atoms with E-state index in [0.717, 1.165) is 5.56 Å². The molecular formula is C17H13NO6. The lowest BCUT2D eigenvalue weighted by Gasteiger charge is -2.04. The molecule has 7 heteroatoms. The van der Waals surface area contributed by atoms with Crippen LogP contribution in [0, 0.1) is 0 Å². The molecule has 1 aromatic heterocycles. The number of carboxylic acids is 1. The van der Waals surface area contributed by atoms with Crippen LogP contribution in [-0.4, -0.2) is 28.7 Å². The molecule has 0 bridgehead atoms. The molecule has 0 radical (unpaired) electrons. The second-order valence-electron chi connectivity index (χ2n) is 5.13. The number of aromatic nitrogens is 1. The summed E-state index contributed by atoms with van der Waals surface area (Å²) in [5.74, 6) is -2.09. The highest BCUT2D eigenvalue weighted by Crippen LogP contribution is 2.17. The second kappa shape index (κ2) is 6.04. The first kappa shape index (κ1) is 15.5. The Morgan fingerprint density at radius 3 is 2.42 bits per heavy atom. The lowest BCUT2D eigenvalue weighted by molar-refractivity contribution is 0.0600. The number of benzene rings is 2. The maximum Gasteiger partial charge on any atom is 0.420 e. The van der Waals surface area contributed by atoms with E-state index in [2.05, 4.69) is 4.74 Å². The van der Waals surface area contributed by atoms with Gasteiger partial charge in [-0.1, -0.05) is 12.1 Å². The number of carbonyl (C=O) groups excluding carboxylic acids is 1. The highest BCUT2D eigenvalue weighted by molar-refractivity contribution is 5.93. The molecule has 24 heavy (non-hydrogen) atoms. The molecule has 0 saturated carbocycles. The van der Waals surface area contributed by atoms with E-state index < -0.39 is 17.7 Å². The quantitative estimate of drug-likeness (QED) is 0.737. The van der Waals surface area contributed by atoms with Crippen LogP contribution in [0.3, 0.4) is 0 Å². The number of carbonyl (C=O) groups is 2. The maximum atomic E-state index is 12.1. The number of oxazole rings is 1. The fraction of sp³-hybridized carbons (Fsp3) is 0.118. The summed E-state index contributed by atoms with van der Waals surface area (Å²) >= 11 is 0. The molecule has 2 aromatic carbocycles. The monoisotopic (exact) mass is 327 g/mol. The standard InChI is InChI=1S/C17H13NO6/c1-23-16(21)12-6-7-13-14(8-12)24-17(22)18(13)9-10-2-4-11(5-3-10)15(19)20/h2-8H,9H2,1H3,(H,19,20). The Hall–Kier alpha value is -3.35. The van der Waals surface area contributed by atoms with Crippen molar-refractivity contribution in [3.8, 4) is 0 Å². The average molecular weight is 327 g/mol. The number of fused-ring (bicyclic) bond motifs is 1. The summed E-state index contributed by atoms with van der Waals surface area (Å²) in [6, 6.07) is 10.8. The molecular weight excluding hydrogens is 314 g/mol. The maximum absolute atomic E-state index is 12.1. The van der Waals surface area contributed by atoms with Crippen LogP contribution in [0.1, 0.15) is 26.3 Å². The summed E-state index contributed by atoms with van der Waals surface area (Å²) < 4.78 is 11.2. The van der Waals surface area contributed by atoms with Gasteiger partial charge < -0.3 is 14.3 Å². The molecule has 0 aliphatic heterocycles. The van der Waals surface area contributed by atoms with E-state index >= 15 is 0 Å². The van der Waals surface area contributed by atoms with Gasteiger partial charge in [0.2, 0.25) is 0 Å². The lowest BCUT2D eigenvalue weighted by atomic mass is 10.1. The first-order chi connectivity index (χ1) is 11.5. The van der Waals surface area contributed by atoms with Crippen LogP contribution < -0.4 is 5.76 Å². The third-order valence-corrected chi connectivity index (χ3v) is 3.63. The van der Waals surface area contributed by atoms with Crippen LogP contribution >= 0.6 is 0 Å². The fourth-order valence-electron chi connectivity index (χ4n) is 2.40. The lowest BCUT2D eigenvalue weighted by Crippen LogP contribution is -2.15. The molecule has 0 fully saturated rings. The Balaban J connectivity index is 1.97. The molecule has 3 rings (SSSR count). The molecule has 3 aromatic rings. The molecule has 1 N–H and O–H groups in total. The zero-order valence-corrected chi connectivity index (χ0v) is 12.7. The molecule has 122 valence electrons. The van der Waals surface area contributed by atoms with Gasteiger partial charge in [-0.3, -0.25) is 4.57 Å².